The molecule has 6 nitrogen and oxygen atoms in total. The fraction of sp³-hybridized carbons (Fsp3) is 0.381. The van der Waals surface area contributed by atoms with Crippen molar-refractivity contribution in [2.75, 3.05) is 34.9 Å². The van der Waals surface area contributed by atoms with Crippen LogP contribution in [0.1, 0.15) is 17.5 Å². The average Bonchev–Trinajstić information content (AvgIpc) is 2.73. The van der Waals surface area contributed by atoms with E-state index in [1.807, 2.05) is 30.3 Å². The number of aliphatic imine (C=N–C) groups is 1. The number of guanidine groups is 1. The van der Waals surface area contributed by atoms with Crippen LogP contribution >= 0.6 is 24.0 Å². The zero-order valence-electron chi connectivity index (χ0n) is 17.0. The number of hydrogen-bond acceptors (Lipinski definition) is 4. The van der Waals surface area contributed by atoms with Crippen LogP contribution in [0.5, 0.6) is 17.2 Å². The van der Waals surface area contributed by atoms with Crippen molar-refractivity contribution in [2.24, 2.45) is 4.99 Å². The summed E-state index contributed by atoms with van der Waals surface area (Å²) in [5.41, 5.74) is 2.34. The van der Waals surface area contributed by atoms with Gasteiger partial charge in [-0.05, 0) is 42.7 Å². The fourth-order valence-corrected chi connectivity index (χ4v) is 2.69. The van der Waals surface area contributed by atoms with Crippen molar-refractivity contribution in [1.29, 1.82) is 0 Å². The van der Waals surface area contributed by atoms with Crippen LogP contribution in [0.3, 0.4) is 0 Å². The molecule has 0 radical (unpaired) electrons. The van der Waals surface area contributed by atoms with E-state index in [1.54, 1.807) is 28.4 Å². The molecule has 0 amide bonds. The first-order valence-electron chi connectivity index (χ1n) is 8.98. The number of aryl methyl sites for hydroxylation is 1. The molecule has 0 spiro atoms. The Kier molecular flexibility index (Phi) is 11.2. The van der Waals surface area contributed by atoms with Crippen molar-refractivity contribution in [1.82, 2.24) is 10.6 Å². The fourth-order valence-electron chi connectivity index (χ4n) is 2.69. The van der Waals surface area contributed by atoms with E-state index >= 15 is 0 Å². The first kappa shape index (κ1) is 23.9. The summed E-state index contributed by atoms with van der Waals surface area (Å²) in [5.74, 6) is 3.21. The van der Waals surface area contributed by atoms with Crippen molar-refractivity contribution >= 4 is 29.9 Å². The van der Waals surface area contributed by atoms with Gasteiger partial charge in [0.15, 0.2) is 5.96 Å². The van der Waals surface area contributed by atoms with E-state index in [0.29, 0.717) is 6.54 Å². The lowest BCUT2D eigenvalue weighted by atomic mass is 10.1. The predicted octanol–water partition coefficient (Wildman–Crippen LogP) is 3.63. The van der Waals surface area contributed by atoms with Crippen LogP contribution in [0.15, 0.2) is 47.5 Å². The highest BCUT2D eigenvalue weighted by Gasteiger charge is 2.06. The van der Waals surface area contributed by atoms with E-state index in [1.165, 1.54) is 5.56 Å². The third-order valence-electron chi connectivity index (χ3n) is 4.26. The third-order valence-corrected chi connectivity index (χ3v) is 4.26. The van der Waals surface area contributed by atoms with Crippen LogP contribution < -0.4 is 24.8 Å². The van der Waals surface area contributed by atoms with Gasteiger partial charge in [-0.15, -0.1) is 24.0 Å². The van der Waals surface area contributed by atoms with Gasteiger partial charge in [0.25, 0.3) is 0 Å². The van der Waals surface area contributed by atoms with Crippen LogP contribution in [0.4, 0.5) is 0 Å². The number of rotatable bonds is 9. The molecule has 2 rings (SSSR count). The summed E-state index contributed by atoms with van der Waals surface area (Å²) in [4.78, 5) is 4.27. The second-order valence-corrected chi connectivity index (χ2v) is 5.98. The molecule has 28 heavy (non-hydrogen) atoms. The smallest absolute Gasteiger partial charge is 0.191 e. The average molecular weight is 499 g/mol. The number of hydrogen-bond donors (Lipinski definition) is 2. The molecule has 0 bridgehead atoms. The highest BCUT2D eigenvalue weighted by atomic mass is 127. The van der Waals surface area contributed by atoms with Crippen molar-refractivity contribution < 1.29 is 14.2 Å². The lowest BCUT2D eigenvalue weighted by Crippen LogP contribution is -2.37. The quantitative estimate of drug-likeness (QED) is 0.239. The van der Waals surface area contributed by atoms with Crippen LogP contribution in [0.25, 0.3) is 0 Å². The maximum Gasteiger partial charge on any atom is 0.191 e. The molecule has 0 heterocycles. The lowest BCUT2D eigenvalue weighted by molar-refractivity contribution is 0.390. The highest BCUT2D eigenvalue weighted by molar-refractivity contribution is 14.0. The predicted molar refractivity (Wildman–Crippen MR) is 124 cm³/mol. The molecular formula is C21H30IN3O3. The van der Waals surface area contributed by atoms with Gasteiger partial charge < -0.3 is 24.8 Å². The number of nitrogens with zero attached hydrogens (tertiary/aromatic N) is 1. The largest absolute Gasteiger partial charge is 0.497 e. The Bertz CT molecular complexity index is 736. The molecule has 154 valence electrons. The Morgan fingerprint density at radius 1 is 0.893 bits per heavy atom. The van der Waals surface area contributed by atoms with E-state index in [0.717, 1.165) is 48.2 Å². The maximum absolute atomic E-state index is 5.43. The van der Waals surface area contributed by atoms with Gasteiger partial charge in [-0.1, -0.05) is 12.1 Å². The van der Waals surface area contributed by atoms with Crippen LogP contribution in [0, 0.1) is 0 Å². The molecule has 7 heteroatoms. The molecule has 0 unspecified atom stereocenters. The van der Waals surface area contributed by atoms with E-state index in [4.69, 9.17) is 14.2 Å². The Labute approximate surface area is 184 Å². The molecular weight excluding hydrogens is 469 g/mol. The van der Waals surface area contributed by atoms with Crippen molar-refractivity contribution in [2.45, 2.75) is 19.4 Å². The van der Waals surface area contributed by atoms with Gasteiger partial charge in [-0.3, -0.25) is 4.99 Å². The zero-order valence-corrected chi connectivity index (χ0v) is 19.3. The van der Waals surface area contributed by atoms with Crippen LogP contribution in [-0.2, 0) is 13.0 Å². The Morgan fingerprint density at radius 3 is 2.18 bits per heavy atom. The molecule has 0 saturated heterocycles. The van der Waals surface area contributed by atoms with Gasteiger partial charge in [0.1, 0.15) is 17.2 Å². The van der Waals surface area contributed by atoms with Gasteiger partial charge in [-0.25, -0.2) is 0 Å². The minimum atomic E-state index is 0. The molecule has 0 fully saturated rings. The first-order valence-corrected chi connectivity index (χ1v) is 8.98. The number of nitrogens with one attached hydrogen (secondary N) is 2. The number of methoxy groups -OCH3 is 3. The molecule has 0 aliphatic carbocycles. The molecule has 2 aromatic carbocycles. The monoisotopic (exact) mass is 499 g/mol. The Morgan fingerprint density at radius 2 is 1.57 bits per heavy atom. The normalized spacial score (nSPS) is 10.6. The molecule has 0 atom stereocenters. The van der Waals surface area contributed by atoms with E-state index in [9.17, 15) is 0 Å². The number of ether oxygens (including phenoxy) is 3. The molecule has 0 saturated carbocycles. The summed E-state index contributed by atoms with van der Waals surface area (Å²) in [6.07, 6.45) is 2.01. The molecule has 0 aliphatic heterocycles. The molecule has 2 N–H and O–H groups in total. The summed E-state index contributed by atoms with van der Waals surface area (Å²) < 4.78 is 15.8. The minimum absolute atomic E-state index is 0. The third kappa shape index (κ3) is 7.46. The number of halogens is 1. The van der Waals surface area contributed by atoms with E-state index in [-0.39, 0.29) is 24.0 Å². The van der Waals surface area contributed by atoms with Crippen LogP contribution in [0.2, 0.25) is 0 Å². The van der Waals surface area contributed by atoms with Gasteiger partial charge in [0, 0.05) is 31.8 Å². The number of benzene rings is 2. The highest BCUT2D eigenvalue weighted by Crippen LogP contribution is 2.24. The van der Waals surface area contributed by atoms with Crippen molar-refractivity contribution in [3.05, 3.63) is 53.6 Å². The lowest BCUT2D eigenvalue weighted by Gasteiger charge is -2.14. The van der Waals surface area contributed by atoms with Crippen LogP contribution in [-0.4, -0.2) is 40.9 Å². The summed E-state index contributed by atoms with van der Waals surface area (Å²) in [6, 6.07) is 14.0. The second-order valence-electron chi connectivity index (χ2n) is 5.98. The summed E-state index contributed by atoms with van der Waals surface area (Å²) in [5, 5.41) is 6.65. The first-order chi connectivity index (χ1) is 13.2. The van der Waals surface area contributed by atoms with Crippen molar-refractivity contribution in [3.63, 3.8) is 0 Å². The standard InChI is InChI=1S/C21H29N3O3.HI/c1-22-21(23-13-5-6-16-7-10-18(25-2)11-8-16)24-15-17-9-12-19(26-3)14-20(17)27-4;/h7-12,14H,5-6,13,15H2,1-4H3,(H2,22,23,24);1H. The molecule has 0 aromatic heterocycles. The Hall–Kier alpha value is -2.16. The topological polar surface area (TPSA) is 64.1 Å². The van der Waals surface area contributed by atoms with Gasteiger partial charge in [0.05, 0.1) is 21.3 Å². The van der Waals surface area contributed by atoms with E-state index in [2.05, 4.69) is 27.8 Å². The van der Waals surface area contributed by atoms with E-state index < -0.39 is 0 Å². The summed E-state index contributed by atoms with van der Waals surface area (Å²) in [7, 11) is 6.75. The van der Waals surface area contributed by atoms with Gasteiger partial charge in [-0.2, -0.15) is 0 Å². The van der Waals surface area contributed by atoms with Gasteiger partial charge >= 0.3 is 0 Å². The Balaban J connectivity index is 0.00000392. The van der Waals surface area contributed by atoms with Gasteiger partial charge in [0.2, 0.25) is 0 Å². The maximum atomic E-state index is 5.43. The molecule has 0 aliphatic rings. The minimum Gasteiger partial charge on any atom is -0.497 e. The summed E-state index contributed by atoms with van der Waals surface area (Å²) >= 11 is 0. The zero-order chi connectivity index (χ0) is 19.5. The second kappa shape index (κ2) is 13.1. The summed E-state index contributed by atoms with van der Waals surface area (Å²) in [6.45, 7) is 1.46. The molecule has 2 aromatic rings. The van der Waals surface area contributed by atoms with Crippen molar-refractivity contribution in [3.8, 4) is 17.2 Å². The SMILES string of the molecule is CN=C(NCCCc1ccc(OC)cc1)NCc1ccc(OC)cc1OC.I.